The average Bonchev–Trinajstić information content (AvgIpc) is 3.29. The van der Waals surface area contributed by atoms with Gasteiger partial charge in [0, 0.05) is 6.20 Å². The van der Waals surface area contributed by atoms with Crippen LogP contribution in [0.4, 0.5) is 9.52 Å². The van der Waals surface area contributed by atoms with Gasteiger partial charge in [-0.1, -0.05) is 17.4 Å². The first kappa shape index (κ1) is 15.5. The van der Waals surface area contributed by atoms with Crippen LogP contribution in [0.1, 0.15) is 16.2 Å². The van der Waals surface area contributed by atoms with Gasteiger partial charge < -0.3 is 4.42 Å². The molecule has 0 N–H and O–H groups in total. The highest BCUT2D eigenvalue weighted by atomic mass is 32.1. The van der Waals surface area contributed by atoms with E-state index in [1.807, 2.05) is 18.2 Å². The summed E-state index contributed by atoms with van der Waals surface area (Å²) in [7, 11) is 0. The highest BCUT2D eigenvalue weighted by Gasteiger charge is 2.24. The molecule has 0 aliphatic rings. The van der Waals surface area contributed by atoms with Crippen molar-refractivity contribution in [3.8, 4) is 0 Å². The number of aromatic nitrogens is 2. The Morgan fingerprint density at radius 2 is 2.12 bits per heavy atom. The summed E-state index contributed by atoms with van der Waals surface area (Å²) in [6.07, 6.45) is 3.11. The van der Waals surface area contributed by atoms with E-state index >= 15 is 0 Å². The number of benzene rings is 1. The molecule has 0 unspecified atom stereocenters. The van der Waals surface area contributed by atoms with Crippen molar-refractivity contribution in [3.05, 3.63) is 78.3 Å². The summed E-state index contributed by atoms with van der Waals surface area (Å²) in [6, 6.07) is 13.1. The number of pyridine rings is 1. The van der Waals surface area contributed by atoms with Gasteiger partial charge in [-0.25, -0.2) is 9.37 Å². The number of hydrogen-bond acceptors (Lipinski definition) is 5. The number of thiazole rings is 1. The van der Waals surface area contributed by atoms with Gasteiger partial charge in [-0.05, 0) is 42.5 Å². The molecule has 1 aromatic carbocycles. The molecule has 25 heavy (non-hydrogen) atoms. The number of rotatable bonds is 4. The topological polar surface area (TPSA) is 59.2 Å². The molecular formula is C18H12FN3O2S. The van der Waals surface area contributed by atoms with Crippen LogP contribution in [0.2, 0.25) is 0 Å². The van der Waals surface area contributed by atoms with Crippen molar-refractivity contribution in [1.82, 2.24) is 9.97 Å². The molecule has 0 atom stereocenters. The Morgan fingerprint density at radius 3 is 2.88 bits per heavy atom. The molecular weight excluding hydrogens is 341 g/mol. The summed E-state index contributed by atoms with van der Waals surface area (Å²) in [5, 5.41) is 0.465. The van der Waals surface area contributed by atoms with Crippen LogP contribution in [0, 0.1) is 5.82 Å². The van der Waals surface area contributed by atoms with Crippen LogP contribution in [0.5, 0.6) is 0 Å². The summed E-state index contributed by atoms with van der Waals surface area (Å²) in [5.41, 5.74) is 1.35. The zero-order valence-electron chi connectivity index (χ0n) is 12.9. The predicted molar refractivity (Wildman–Crippen MR) is 93.0 cm³/mol. The second-order valence-electron chi connectivity index (χ2n) is 5.30. The van der Waals surface area contributed by atoms with Crippen molar-refractivity contribution in [2.45, 2.75) is 6.54 Å². The number of nitrogens with zero attached hydrogens (tertiary/aromatic N) is 3. The van der Waals surface area contributed by atoms with Crippen molar-refractivity contribution in [3.63, 3.8) is 0 Å². The summed E-state index contributed by atoms with van der Waals surface area (Å²) in [5.74, 6) is -0.451. The van der Waals surface area contributed by atoms with Crippen LogP contribution >= 0.6 is 11.3 Å². The number of carbonyl (C=O) groups excluding carboxylic acids is 1. The van der Waals surface area contributed by atoms with E-state index in [-0.39, 0.29) is 24.0 Å². The lowest BCUT2D eigenvalue weighted by Gasteiger charge is -2.18. The lowest BCUT2D eigenvalue weighted by Crippen LogP contribution is -2.30. The van der Waals surface area contributed by atoms with Crippen molar-refractivity contribution in [2.24, 2.45) is 0 Å². The zero-order valence-corrected chi connectivity index (χ0v) is 13.7. The van der Waals surface area contributed by atoms with Crippen molar-refractivity contribution in [2.75, 3.05) is 4.90 Å². The van der Waals surface area contributed by atoms with Gasteiger partial charge in [0.2, 0.25) is 0 Å². The second-order valence-corrected chi connectivity index (χ2v) is 6.31. The summed E-state index contributed by atoms with van der Waals surface area (Å²) < 4.78 is 19.4. The molecule has 0 aliphatic carbocycles. The van der Waals surface area contributed by atoms with Gasteiger partial charge in [-0.15, -0.1) is 0 Å². The Bertz CT molecular complexity index is 1020. The van der Waals surface area contributed by atoms with Gasteiger partial charge in [-0.3, -0.25) is 14.7 Å². The number of amides is 1. The predicted octanol–water partition coefficient (Wildman–Crippen LogP) is 4.27. The molecule has 4 aromatic rings. The highest BCUT2D eigenvalue weighted by Crippen LogP contribution is 2.31. The van der Waals surface area contributed by atoms with Gasteiger partial charge in [-0.2, -0.15) is 0 Å². The van der Waals surface area contributed by atoms with Crippen LogP contribution in [0.15, 0.2) is 65.4 Å². The van der Waals surface area contributed by atoms with E-state index in [1.54, 1.807) is 24.4 Å². The van der Waals surface area contributed by atoms with Gasteiger partial charge in [0.05, 0.1) is 28.7 Å². The van der Waals surface area contributed by atoms with E-state index in [0.717, 1.165) is 0 Å². The van der Waals surface area contributed by atoms with Crippen molar-refractivity contribution >= 4 is 32.6 Å². The van der Waals surface area contributed by atoms with Gasteiger partial charge in [0.1, 0.15) is 5.82 Å². The maximum absolute atomic E-state index is 13.4. The standard InChI is InChI=1S/C18H12FN3O2S/c19-12-6-7-14-16(10-12)25-18(21-14)22(11-13-4-1-2-8-20-13)17(23)15-5-3-9-24-15/h1-10H,11H2. The lowest BCUT2D eigenvalue weighted by molar-refractivity contribution is 0.0958. The van der Waals surface area contributed by atoms with Gasteiger partial charge in [0.15, 0.2) is 10.9 Å². The van der Waals surface area contributed by atoms with E-state index in [4.69, 9.17) is 4.42 Å². The highest BCUT2D eigenvalue weighted by molar-refractivity contribution is 7.22. The van der Waals surface area contributed by atoms with Crippen molar-refractivity contribution < 1.29 is 13.6 Å². The van der Waals surface area contributed by atoms with Crippen LogP contribution in [0.25, 0.3) is 10.2 Å². The molecule has 5 nitrogen and oxygen atoms in total. The normalized spacial score (nSPS) is 10.9. The molecule has 7 heteroatoms. The molecule has 124 valence electrons. The largest absolute Gasteiger partial charge is 0.459 e. The monoisotopic (exact) mass is 353 g/mol. The molecule has 4 rings (SSSR count). The Balaban J connectivity index is 1.76. The minimum absolute atomic E-state index is 0.210. The Morgan fingerprint density at radius 1 is 1.20 bits per heavy atom. The third kappa shape index (κ3) is 3.14. The van der Waals surface area contributed by atoms with E-state index < -0.39 is 0 Å². The first-order valence-corrected chi connectivity index (χ1v) is 8.34. The minimum Gasteiger partial charge on any atom is -0.459 e. The maximum Gasteiger partial charge on any atom is 0.296 e. The van der Waals surface area contributed by atoms with Crippen LogP contribution < -0.4 is 4.90 Å². The van der Waals surface area contributed by atoms with Crippen molar-refractivity contribution in [1.29, 1.82) is 0 Å². The number of furan rings is 1. The summed E-state index contributed by atoms with van der Waals surface area (Å²) in [6.45, 7) is 0.239. The maximum atomic E-state index is 13.4. The number of halogens is 1. The fraction of sp³-hybridized carbons (Fsp3) is 0.0556. The number of hydrogen-bond donors (Lipinski definition) is 0. The Kier molecular flexibility index (Phi) is 3.99. The average molecular weight is 353 g/mol. The fourth-order valence-electron chi connectivity index (χ4n) is 2.41. The zero-order chi connectivity index (χ0) is 17.2. The Hall–Kier alpha value is -3.06. The molecule has 0 saturated carbocycles. The van der Waals surface area contributed by atoms with E-state index in [2.05, 4.69) is 9.97 Å². The molecule has 0 spiro atoms. The molecule has 0 radical (unpaired) electrons. The number of anilines is 1. The first-order chi connectivity index (χ1) is 12.2. The molecule has 3 heterocycles. The molecule has 0 fully saturated rings. The second kappa shape index (κ2) is 6.45. The minimum atomic E-state index is -0.337. The molecule has 3 aromatic heterocycles. The molecule has 0 aliphatic heterocycles. The summed E-state index contributed by atoms with van der Waals surface area (Å²) in [4.78, 5) is 23.1. The quantitative estimate of drug-likeness (QED) is 0.550. The number of fused-ring (bicyclic) bond motifs is 1. The third-order valence-corrected chi connectivity index (χ3v) is 4.63. The number of carbonyl (C=O) groups is 1. The van der Waals surface area contributed by atoms with Crippen LogP contribution in [-0.2, 0) is 6.54 Å². The fourth-order valence-corrected chi connectivity index (χ4v) is 3.40. The molecule has 1 amide bonds. The first-order valence-electron chi connectivity index (χ1n) is 7.52. The SMILES string of the molecule is O=C(c1ccco1)N(Cc1ccccn1)c1nc2ccc(F)cc2s1. The van der Waals surface area contributed by atoms with Gasteiger partial charge in [0.25, 0.3) is 5.91 Å². The summed E-state index contributed by atoms with van der Waals surface area (Å²) >= 11 is 1.25. The smallest absolute Gasteiger partial charge is 0.296 e. The van der Waals surface area contributed by atoms with E-state index in [0.29, 0.717) is 21.0 Å². The lowest BCUT2D eigenvalue weighted by atomic mass is 10.3. The van der Waals surface area contributed by atoms with E-state index in [1.165, 1.54) is 34.6 Å². The van der Waals surface area contributed by atoms with Gasteiger partial charge >= 0.3 is 0 Å². The molecule has 0 bridgehead atoms. The Labute approximate surface area is 146 Å². The van der Waals surface area contributed by atoms with E-state index in [9.17, 15) is 9.18 Å². The van der Waals surface area contributed by atoms with Crippen LogP contribution in [0.3, 0.4) is 0 Å². The van der Waals surface area contributed by atoms with Crippen LogP contribution in [-0.4, -0.2) is 15.9 Å². The molecule has 0 saturated heterocycles. The third-order valence-electron chi connectivity index (χ3n) is 3.59.